The van der Waals surface area contributed by atoms with Crippen molar-refractivity contribution in [2.75, 3.05) is 27.2 Å². The first kappa shape index (κ1) is 15.0. The molecule has 0 aromatic heterocycles. The zero-order valence-electron chi connectivity index (χ0n) is 10.6. The maximum Gasteiger partial charge on any atom is 0.244 e. The van der Waals surface area contributed by atoms with E-state index >= 15 is 0 Å². The summed E-state index contributed by atoms with van der Waals surface area (Å²) in [6, 6.07) is 3.98. The lowest BCUT2D eigenvalue weighted by molar-refractivity contribution is -0.135. The highest BCUT2D eigenvalue weighted by Crippen LogP contribution is 2.18. The van der Waals surface area contributed by atoms with E-state index < -0.39 is 5.41 Å². The zero-order chi connectivity index (χ0) is 13.5. The maximum atomic E-state index is 11.7. The number of hydrogen-bond donors (Lipinski definition) is 0. The summed E-state index contributed by atoms with van der Waals surface area (Å²) < 4.78 is 0. The van der Waals surface area contributed by atoms with Crippen LogP contribution < -0.4 is 0 Å². The molecule has 6 nitrogen and oxygen atoms in total. The molecule has 0 fully saturated rings. The Kier molecular flexibility index (Phi) is 5.84. The molecule has 0 aromatic carbocycles. The van der Waals surface area contributed by atoms with Gasteiger partial charge in [0.05, 0.1) is 31.1 Å². The van der Waals surface area contributed by atoms with E-state index in [9.17, 15) is 4.79 Å². The third-order valence-electron chi connectivity index (χ3n) is 2.19. The van der Waals surface area contributed by atoms with E-state index in [2.05, 4.69) is 10.2 Å². The highest BCUT2D eigenvalue weighted by molar-refractivity contribution is 5.84. The van der Waals surface area contributed by atoms with Gasteiger partial charge in [-0.25, -0.2) is 0 Å². The average Bonchev–Trinajstić information content (AvgIpc) is 2.32. The lowest BCUT2D eigenvalue weighted by Gasteiger charge is -2.21. The van der Waals surface area contributed by atoms with Gasteiger partial charge in [-0.1, -0.05) is 0 Å². The van der Waals surface area contributed by atoms with Gasteiger partial charge < -0.3 is 4.90 Å². The fourth-order valence-electron chi connectivity index (χ4n) is 1.06. The monoisotopic (exact) mass is 235 g/mol. The number of nitrogens with zero attached hydrogens (tertiary/aromatic N) is 5. The Hall–Kier alpha value is -1.95. The minimum atomic E-state index is -1.19. The largest absolute Gasteiger partial charge is 0.347 e. The molecule has 0 rings (SSSR count). The summed E-state index contributed by atoms with van der Waals surface area (Å²) in [5, 5.41) is 25.2. The first-order valence-electron chi connectivity index (χ1n) is 5.23. The molecule has 0 saturated carbocycles. The molecule has 0 bridgehead atoms. The second-order valence-electron chi connectivity index (χ2n) is 4.30. The Morgan fingerprint density at radius 3 is 2.41 bits per heavy atom. The van der Waals surface area contributed by atoms with Crippen molar-refractivity contribution in [3.05, 3.63) is 0 Å². The second kappa shape index (κ2) is 6.59. The fourth-order valence-corrected chi connectivity index (χ4v) is 1.06. The lowest BCUT2D eigenvalue weighted by atomic mass is 9.91. The van der Waals surface area contributed by atoms with Gasteiger partial charge in [-0.3, -0.25) is 4.79 Å². The molecule has 0 aromatic rings. The van der Waals surface area contributed by atoms with Crippen LogP contribution in [-0.2, 0) is 4.79 Å². The molecular weight excluding hydrogens is 218 g/mol. The van der Waals surface area contributed by atoms with Crippen LogP contribution in [0.3, 0.4) is 0 Å². The molecule has 2 atom stereocenters. The van der Waals surface area contributed by atoms with Crippen LogP contribution in [0.1, 0.15) is 13.8 Å². The molecule has 92 valence electrons. The minimum absolute atomic E-state index is 0.0126. The van der Waals surface area contributed by atoms with Crippen LogP contribution in [0.4, 0.5) is 0 Å². The van der Waals surface area contributed by atoms with Crippen LogP contribution in [0.2, 0.25) is 0 Å². The molecular formula is C11H17N5O. The normalized spacial score (nSPS) is 15.6. The van der Waals surface area contributed by atoms with Crippen LogP contribution in [-0.4, -0.2) is 38.0 Å². The first-order chi connectivity index (χ1) is 7.87. The van der Waals surface area contributed by atoms with Gasteiger partial charge in [0.1, 0.15) is 0 Å². The quantitative estimate of drug-likeness (QED) is 0.670. The predicted octanol–water partition coefficient (Wildman–Crippen LogP) is 1.22. The summed E-state index contributed by atoms with van der Waals surface area (Å²) in [5.41, 5.74) is -1.19. The van der Waals surface area contributed by atoms with E-state index in [1.807, 2.05) is 12.1 Å². The highest BCUT2D eigenvalue weighted by Gasteiger charge is 2.34. The van der Waals surface area contributed by atoms with Crippen LogP contribution in [0.15, 0.2) is 10.2 Å². The van der Waals surface area contributed by atoms with Gasteiger partial charge in [-0.05, 0) is 13.8 Å². The lowest BCUT2D eigenvalue weighted by Crippen LogP contribution is -2.39. The summed E-state index contributed by atoms with van der Waals surface area (Å²) in [6.07, 6.45) is 0. The van der Waals surface area contributed by atoms with E-state index in [1.54, 1.807) is 21.0 Å². The second-order valence-corrected chi connectivity index (χ2v) is 4.30. The molecule has 0 N–H and O–H groups in total. The molecule has 17 heavy (non-hydrogen) atoms. The molecule has 2 unspecified atom stereocenters. The van der Waals surface area contributed by atoms with Gasteiger partial charge in [0, 0.05) is 14.1 Å². The fraction of sp³-hybridized carbons (Fsp3) is 0.727. The Morgan fingerprint density at radius 1 is 1.41 bits per heavy atom. The van der Waals surface area contributed by atoms with Gasteiger partial charge in [-0.2, -0.15) is 20.8 Å². The Bertz CT molecular complexity index is 376. The standard InChI is InChI=1S/C11H17N5O/c1-9(5-12)6-14-15-8-11(2,7-13)10(17)16(3)4/h9H,6,8H2,1-4H3. The Morgan fingerprint density at radius 2 is 2.00 bits per heavy atom. The van der Waals surface area contributed by atoms with Crippen LogP contribution in [0, 0.1) is 34.0 Å². The number of azo groups is 1. The molecule has 1 amide bonds. The number of nitriles is 2. The van der Waals surface area contributed by atoms with Crippen molar-refractivity contribution in [2.24, 2.45) is 21.6 Å². The van der Waals surface area contributed by atoms with Gasteiger partial charge in [-0.15, -0.1) is 0 Å². The van der Waals surface area contributed by atoms with E-state index in [-0.39, 0.29) is 24.9 Å². The van der Waals surface area contributed by atoms with Gasteiger partial charge in [0.25, 0.3) is 0 Å². The molecule has 0 aliphatic heterocycles. The van der Waals surface area contributed by atoms with Crippen molar-refractivity contribution in [2.45, 2.75) is 13.8 Å². The summed E-state index contributed by atoms with van der Waals surface area (Å²) in [7, 11) is 3.18. The van der Waals surface area contributed by atoms with E-state index in [1.165, 1.54) is 11.8 Å². The van der Waals surface area contributed by atoms with Crippen molar-refractivity contribution in [1.82, 2.24) is 4.90 Å². The summed E-state index contributed by atoms with van der Waals surface area (Å²) in [5.74, 6) is -0.510. The summed E-state index contributed by atoms with van der Waals surface area (Å²) in [6.45, 7) is 3.56. The molecule has 0 heterocycles. The zero-order valence-corrected chi connectivity index (χ0v) is 10.6. The summed E-state index contributed by atoms with van der Waals surface area (Å²) >= 11 is 0. The smallest absolute Gasteiger partial charge is 0.244 e. The molecule has 0 saturated heterocycles. The molecule has 0 aliphatic carbocycles. The third-order valence-corrected chi connectivity index (χ3v) is 2.19. The predicted molar refractivity (Wildman–Crippen MR) is 61.8 cm³/mol. The number of rotatable bonds is 5. The van der Waals surface area contributed by atoms with Crippen LogP contribution in [0.5, 0.6) is 0 Å². The molecule has 0 aliphatic rings. The van der Waals surface area contributed by atoms with Crippen molar-refractivity contribution >= 4 is 5.91 Å². The van der Waals surface area contributed by atoms with Crippen molar-refractivity contribution in [1.29, 1.82) is 10.5 Å². The van der Waals surface area contributed by atoms with E-state index in [0.717, 1.165) is 0 Å². The number of carbonyl (C=O) groups is 1. The first-order valence-corrected chi connectivity index (χ1v) is 5.23. The Balaban J connectivity index is 4.48. The molecule has 0 radical (unpaired) electrons. The third kappa shape index (κ3) is 4.60. The van der Waals surface area contributed by atoms with Crippen molar-refractivity contribution < 1.29 is 4.79 Å². The minimum Gasteiger partial charge on any atom is -0.347 e. The molecule has 6 heteroatoms. The highest BCUT2D eigenvalue weighted by atomic mass is 16.2. The average molecular weight is 235 g/mol. The Labute approximate surface area is 102 Å². The number of hydrogen-bond acceptors (Lipinski definition) is 5. The van der Waals surface area contributed by atoms with E-state index in [0.29, 0.717) is 0 Å². The number of carbonyl (C=O) groups excluding carboxylic acids is 1. The SMILES string of the molecule is CC(C#N)CN=NCC(C)(C#N)C(=O)N(C)C. The topological polar surface area (TPSA) is 92.6 Å². The van der Waals surface area contributed by atoms with Gasteiger partial charge >= 0.3 is 0 Å². The van der Waals surface area contributed by atoms with Crippen molar-refractivity contribution in [3.8, 4) is 12.1 Å². The van der Waals surface area contributed by atoms with Crippen molar-refractivity contribution in [3.63, 3.8) is 0 Å². The van der Waals surface area contributed by atoms with Crippen LogP contribution >= 0.6 is 0 Å². The van der Waals surface area contributed by atoms with Gasteiger partial charge in [0.15, 0.2) is 5.41 Å². The van der Waals surface area contributed by atoms with Gasteiger partial charge in [0.2, 0.25) is 5.91 Å². The maximum absolute atomic E-state index is 11.7. The summed E-state index contributed by atoms with van der Waals surface area (Å²) in [4.78, 5) is 13.1. The number of amides is 1. The van der Waals surface area contributed by atoms with Crippen LogP contribution in [0.25, 0.3) is 0 Å². The molecule has 0 spiro atoms. The van der Waals surface area contributed by atoms with E-state index in [4.69, 9.17) is 10.5 Å².